The number of carbonyl (C=O) groups excluding carboxylic acids is 2. The summed E-state index contributed by atoms with van der Waals surface area (Å²) >= 11 is 0. The molecule has 212 valence electrons. The van der Waals surface area contributed by atoms with Crippen LogP contribution in [-0.2, 0) is 27.3 Å². The topological polar surface area (TPSA) is 151 Å². The molecule has 0 bridgehead atoms. The van der Waals surface area contributed by atoms with Gasteiger partial charge in [-0.1, -0.05) is 35.3 Å². The van der Waals surface area contributed by atoms with Crippen LogP contribution in [0.1, 0.15) is 18.4 Å². The van der Waals surface area contributed by atoms with Crippen LogP contribution in [0.4, 0.5) is 24.8 Å². The molecular formula is C25H25F3N6O6. The van der Waals surface area contributed by atoms with Crippen molar-refractivity contribution < 1.29 is 37.2 Å². The normalized spacial score (nSPS) is 17.7. The van der Waals surface area contributed by atoms with Crippen molar-refractivity contribution in [2.75, 3.05) is 11.9 Å². The molecule has 1 amide bonds. The van der Waals surface area contributed by atoms with Gasteiger partial charge in [0.05, 0.1) is 0 Å². The number of aromatic nitrogens is 3. The third kappa shape index (κ3) is 7.99. The number of hydrogen-bond acceptors (Lipinski definition) is 9. The molecule has 1 fully saturated rings. The van der Waals surface area contributed by atoms with Crippen molar-refractivity contribution in [2.45, 2.75) is 50.2 Å². The number of ether oxygens (including phenoxy) is 2. The van der Waals surface area contributed by atoms with Crippen LogP contribution in [0.5, 0.6) is 5.75 Å². The van der Waals surface area contributed by atoms with Gasteiger partial charge in [0, 0.05) is 22.9 Å². The van der Waals surface area contributed by atoms with Gasteiger partial charge >= 0.3 is 18.1 Å². The number of amides is 1. The third-order valence-electron chi connectivity index (χ3n) is 6.09. The maximum Gasteiger partial charge on any atom is 0.490 e. The van der Waals surface area contributed by atoms with Crippen molar-refractivity contribution in [1.29, 1.82) is 0 Å². The monoisotopic (exact) mass is 562 g/mol. The van der Waals surface area contributed by atoms with E-state index >= 15 is 0 Å². The number of para-hydroxylation sites is 1. The fourth-order valence-corrected chi connectivity index (χ4v) is 4.24. The quantitative estimate of drug-likeness (QED) is 0.204. The minimum atomic E-state index is -5.12. The first-order valence-electron chi connectivity index (χ1n) is 12.2. The van der Waals surface area contributed by atoms with E-state index in [4.69, 9.17) is 9.47 Å². The van der Waals surface area contributed by atoms with E-state index in [1.54, 1.807) is 54.6 Å². The van der Waals surface area contributed by atoms with Crippen molar-refractivity contribution in [1.82, 2.24) is 20.1 Å². The van der Waals surface area contributed by atoms with E-state index in [0.29, 0.717) is 30.7 Å². The molecule has 2 aromatic carbocycles. The third-order valence-corrected chi connectivity index (χ3v) is 6.09. The zero-order valence-corrected chi connectivity index (χ0v) is 20.9. The highest BCUT2D eigenvalue weighted by Gasteiger charge is 2.44. The van der Waals surface area contributed by atoms with Gasteiger partial charge < -0.3 is 30.2 Å². The van der Waals surface area contributed by atoms with Gasteiger partial charge in [0.15, 0.2) is 6.10 Å². The molecule has 2 N–H and O–H groups in total. The summed E-state index contributed by atoms with van der Waals surface area (Å²) in [6.07, 6.45) is -3.51. The van der Waals surface area contributed by atoms with E-state index in [2.05, 4.69) is 20.7 Å². The lowest BCUT2D eigenvalue weighted by Crippen LogP contribution is -2.46. The van der Waals surface area contributed by atoms with Crippen molar-refractivity contribution in [3.05, 3.63) is 76.6 Å². The Morgan fingerprint density at radius 1 is 1.15 bits per heavy atom. The van der Waals surface area contributed by atoms with Crippen LogP contribution in [-0.4, -0.2) is 62.5 Å². The number of nitrogens with one attached hydrogen (secondary N) is 2. The molecular weight excluding hydrogens is 537 g/mol. The minimum absolute atomic E-state index is 0.0858. The Bertz CT molecular complexity index is 1320. The maximum absolute atomic E-state index is 12.9. The van der Waals surface area contributed by atoms with Crippen LogP contribution < -0.4 is 15.4 Å². The highest BCUT2D eigenvalue weighted by molar-refractivity contribution is 5.90. The molecule has 15 heteroatoms. The van der Waals surface area contributed by atoms with Gasteiger partial charge in [0.1, 0.15) is 18.9 Å². The molecule has 2 heterocycles. The summed E-state index contributed by atoms with van der Waals surface area (Å²) in [5.74, 6) is -2.88. The molecule has 0 spiro atoms. The summed E-state index contributed by atoms with van der Waals surface area (Å²) < 4.78 is 50.1. The maximum atomic E-state index is 12.9. The number of nitro groups is 1. The predicted molar refractivity (Wildman–Crippen MR) is 133 cm³/mol. The zero-order valence-electron chi connectivity index (χ0n) is 20.9. The number of alkyl halides is 3. The molecule has 0 unspecified atom stereocenters. The van der Waals surface area contributed by atoms with Crippen molar-refractivity contribution in [2.24, 2.45) is 0 Å². The number of benzene rings is 2. The fraction of sp³-hybridized carbons (Fsp3) is 0.360. The molecule has 1 aliphatic rings. The average molecular weight is 563 g/mol. The van der Waals surface area contributed by atoms with Crippen molar-refractivity contribution in [3.63, 3.8) is 0 Å². The lowest BCUT2D eigenvalue weighted by Gasteiger charge is -2.25. The van der Waals surface area contributed by atoms with Crippen LogP contribution in [0, 0.1) is 10.1 Å². The van der Waals surface area contributed by atoms with Crippen LogP contribution >= 0.6 is 0 Å². The van der Waals surface area contributed by atoms with E-state index in [0.717, 1.165) is 16.6 Å². The molecule has 4 rings (SSSR count). The summed E-state index contributed by atoms with van der Waals surface area (Å²) in [6, 6.07) is 14.9. The Kier molecular flexibility index (Phi) is 8.93. The first kappa shape index (κ1) is 28.5. The average Bonchev–Trinajstić information content (AvgIpc) is 3.57. The summed E-state index contributed by atoms with van der Waals surface area (Å²) in [7, 11) is 0. The second-order valence-electron chi connectivity index (χ2n) is 9.06. The van der Waals surface area contributed by atoms with Gasteiger partial charge in [0.25, 0.3) is 0 Å². The van der Waals surface area contributed by atoms with E-state index in [-0.39, 0.29) is 19.2 Å². The van der Waals surface area contributed by atoms with E-state index < -0.39 is 41.1 Å². The van der Waals surface area contributed by atoms with E-state index in [1.807, 2.05) is 0 Å². The van der Waals surface area contributed by atoms with E-state index in [9.17, 15) is 32.9 Å². The molecule has 3 aromatic rings. The van der Waals surface area contributed by atoms with Gasteiger partial charge in [-0.05, 0) is 54.0 Å². The molecule has 0 saturated carbocycles. The Balaban J connectivity index is 1.30. The molecule has 0 aliphatic carbocycles. The number of esters is 1. The summed E-state index contributed by atoms with van der Waals surface area (Å²) in [4.78, 5) is 37.1. The van der Waals surface area contributed by atoms with Gasteiger partial charge in [-0.2, -0.15) is 17.9 Å². The lowest BCUT2D eigenvalue weighted by molar-refractivity contribution is -0.394. The first-order chi connectivity index (χ1) is 19.1. The summed E-state index contributed by atoms with van der Waals surface area (Å²) in [6.45, 7) is -0.503. The van der Waals surface area contributed by atoms with Crippen LogP contribution in [0.2, 0.25) is 0 Å². The Morgan fingerprint density at radius 3 is 2.52 bits per heavy atom. The fourth-order valence-electron chi connectivity index (χ4n) is 4.24. The number of nitrogens with zero attached hydrogens (tertiary/aromatic N) is 4. The number of anilines is 1. The van der Waals surface area contributed by atoms with Crippen LogP contribution in [0.15, 0.2) is 60.9 Å². The smallest absolute Gasteiger partial charge is 0.490 e. The second-order valence-corrected chi connectivity index (χ2v) is 9.06. The predicted octanol–water partition coefficient (Wildman–Crippen LogP) is 3.04. The standard InChI is InChI=1S/C25H25F3N6O6/c26-25(27,28)23(36)40-21(14-39-19-4-2-1-3-5-19)20-11-10-18(30-20)12-16-6-8-17(9-7-16)31-22(35)13-33-15-29-24(32-33)34(37)38/h1-9,15,18,20-21,30H,10-14H2,(H,31,35)/t18-,20+,21+/m0/s1. The Morgan fingerprint density at radius 2 is 1.88 bits per heavy atom. The summed E-state index contributed by atoms with van der Waals surface area (Å²) in [5, 5.41) is 20.2. The van der Waals surface area contributed by atoms with Gasteiger partial charge in [0.2, 0.25) is 12.2 Å². The molecule has 12 nitrogen and oxygen atoms in total. The molecule has 40 heavy (non-hydrogen) atoms. The van der Waals surface area contributed by atoms with Gasteiger partial charge in [-0.25, -0.2) is 4.79 Å². The molecule has 1 aliphatic heterocycles. The van der Waals surface area contributed by atoms with Gasteiger partial charge in [-0.3, -0.25) is 4.79 Å². The SMILES string of the molecule is O=C(Cn1cnc([N+](=O)[O-])n1)Nc1ccc(C[C@@H]2CC[C@H]([C@@H](COc3ccccc3)OC(=O)C(F)(F)F)N2)cc1. The second kappa shape index (κ2) is 12.5. The van der Waals surface area contributed by atoms with Gasteiger partial charge in [-0.15, -0.1) is 0 Å². The van der Waals surface area contributed by atoms with Crippen molar-refractivity contribution in [3.8, 4) is 5.75 Å². The highest BCUT2D eigenvalue weighted by atomic mass is 19.4. The Labute approximate surface area is 225 Å². The largest absolute Gasteiger partial charge is 0.490 e. The van der Waals surface area contributed by atoms with Crippen molar-refractivity contribution >= 4 is 23.5 Å². The number of hydrogen-bond donors (Lipinski definition) is 2. The highest BCUT2D eigenvalue weighted by Crippen LogP contribution is 2.25. The molecule has 0 radical (unpaired) electrons. The molecule has 3 atom stereocenters. The Hall–Kier alpha value is -4.53. The molecule has 1 saturated heterocycles. The number of carbonyl (C=O) groups is 2. The minimum Gasteiger partial charge on any atom is -0.490 e. The van der Waals surface area contributed by atoms with Crippen LogP contribution in [0.25, 0.3) is 0 Å². The number of halogens is 3. The van der Waals surface area contributed by atoms with E-state index in [1.165, 1.54) is 0 Å². The summed E-state index contributed by atoms with van der Waals surface area (Å²) in [5.41, 5.74) is 1.41. The molecule has 1 aromatic heterocycles. The lowest BCUT2D eigenvalue weighted by atomic mass is 10.0. The first-order valence-corrected chi connectivity index (χ1v) is 12.2. The number of rotatable bonds is 11. The zero-order chi connectivity index (χ0) is 28.7. The van der Waals surface area contributed by atoms with Crippen LogP contribution in [0.3, 0.4) is 0 Å².